The lowest BCUT2D eigenvalue weighted by Crippen LogP contribution is -2.35. The molecule has 0 radical (unpaired) electrons. The van der Waals surface area contributed by atoms with Crippen molar-refractivity contribution in [2.45, 2.75) is 6.92 Å². The zero-order valence-electron chi connectivity index (χ0n) is 13.0. The third kappa shape index (κ3) is 6.04. The molecule has 4 N–H and O–H groups in total. The van der Waals surface area contributed by atoms with E-state index in [0.29, 0.717) is 5.56 Å². The molecule has 0 aliphatic heterocycles. The lowest BCUT2D eigenvalue weighted by molar-refractivity contribution is -0.139. The molecule has 1 aromatic rings. The van der Waals surface area contributed by atoms with Crippen LogP contribution in [0, 0.1) is 11.3 Å². The Morgan fingerprint density at radius 3 is 2.60 bits per heavy atom. The molecule has 0 saturated carbocycles. The van der Waals surface area contributed by atoms with E-state index in [9.17, 15) is 14.4 Å². The molecule has 0 aliphatic carbocycles. The maximum atomic E-state index is 11.7. The predicted octanol–water partition coefficient (Wildman–Crippen LogP) is 1.30. The van der Waals surface area contributed by atoms with Crippen molar-refractivity contribution in [1.29, 1.82) is 5.26 Å². The topological polar surface area (TPSA) is 152 Å². The zero-order chi connectivity index (χ0) is 19.0. The van der Waals surface area contributed by atoms with Crippen LogP contribution in [0.15, 0.2) is 17.7 Å². The van der Waals surface area contributed by atoms with Crippen LogP contribution in [0.4, 0.5) is 4.79 Å². The fraction of sp³-hybridized carbons (Fsp3) is 0.200. The van der Waals surface area contributed by atoms with Gasteiger partial charge in [-0.25, -0.2) is 9.59 Å². The van der Waals surface area contributed by atoms with E-state index in [1.807, 2.05) is 0 Å². The number of nitrogens with one attached hydrogen (secondary N) is 1. The van der Waals surface area contributed by atoms with Gasteiger partial charge in [-0.05, 0) is 30.7 Å². The van der Waals surface area contributed by atoms with Crippen molar-refractivity contribution < 1.29 is 29.0 Å². The van der Waals surface area contributed by atoms with Gasteiger partial charge in [0.1, 0.15) is 11.6 Å². The predicted molar refractivity (Wildman–Crippen MR) is 87.1 cm³/mol. The summed E-state index contributed by atoms with van der Waals surface area (Å²) in [4.78, 5) is 33.0. The van der Waals surface area contributed by atoms with Gasteiger partial charge in [-0.15, -0.1) is 0 Å². The second-order valence-electron chi connectivity index (χ2n) is 4.43. The zero-order valence-corrected chi connectivity index (χ0v) is 13.8. The number of carbonyl (C=O) groups excluding carboxylic acids is 2. The number of aliphatic carboxylic acids is 1. The van der Waals surface area contributed by atoms with Crippen LogP contribution < -0.4 is 20.5 Å². The van der Waals surface area contributed by atoms with Crippen molar-refractivity contribution in [3.63, 3.8) is 0 Å². The van der Waals surface area contributed by atoms with Crippen LogP contribution in [0.2, 0.25) is 5.02 Å². The average Bonchev–Trinajstić information content (AvgIpc) is 2.51. The van der Waals surface area contributed by atoms with Crippen LogP contribution in [-0.4, -0.2) is 36.2 Å². The van der Waals surface area contributed by atoms with Gasteiger partial charge in [0.25, 0.3) is 5.91 Å². The van der Waals surface area contributed by atoms with Crippen molar-refractivity contribution in [3.05, 3.63) is 28.3 Å². The van der Waals surface area contributed by atoms with Crippen molar-refractivity contribution in [2.24, 2.45) is 5.73 Å². The van der Waals surface area contributed by atoms with Gasteiger partial charge >= 0.3 is 12.0 Å². The quantitative estimate of drug-likeness (QED) is 0.485. The molecule has 0 fully saturated rings. The number of hydrogen-bond acceptors (Lipinski definition) is 6. The van der Waals surface area contributed by atoms with Gasteiger partial charge < -0.3 is 20.3 Å². The van der Waals surface area contributed by atoms with Gasteiger partial charge in [-0.3, -0.25) is 10.1 Å². The number of rotatable bonds is 7. The number of imide groups is 1. The van der Waals surface area contributed by atoms with Crippen molar-refractivity contribution in [2.75, 3.05) is 13.2 Å². The molecule has 0 bridgehead atoms. The molecule has 25 heavy (non-hydrogen) atoms. The molecular weight excluding hydrogens is 354 g/mol. The minimum Gasteiger partial charge on any atom is -0.490 e. The van der Waals surface area contributed by atoms with Crippen LogP contribution in [0.25, 0.3) is 6.08 Å². The standard InChI is InChI=1S/C15H14ClN3O6/c1-2-24-11-5-8(3-9(6-17)14(22)19-15(18)23)4-10(16)13(11)25-7-12(20)21/h3-5H,2,7H2,1H3,(H,20,21)(H3,18,19,22,23)/b9-3-. The van der Waals surface area contributed by atoms with Crippen molar-refractivity contribution in [3.8, 4) is 17.6 Å². The molecule has 9 nitrogen and oxygen atoms in total. The highest BCUT2D eigenvalue weighted by molar-refractivity contribution is 6.32. The Balaban J connectivity index is 3.26. The summed E-state index contributed by atoms with van der Waals surface area (Å²) in [6.45, 7) is 1.30. The van der Waals surface area contributed by atoms with Crippen molar-refractivity contribution >= 4 is 35.6 Å². The first kappa shape index (κ1) is 19.8. The van der Waals surface area contributed by atoms with E-state index < -0.39 is 30.1 Å². The number of carbonyl (C=O) groups is 3. The van der Waals surface area contributed by atoms with Gasteiger partial charge in [0.05, 0.1) is 11.6 Å². The molecule has 3 amide bonds. The smallest absolute Gasteiger partial charge is 0.341 e. The molecule has 0 unspecified atom stereocenters. The van der Waals surface area contributed by atoms with E-state index in [4.69, 9.17) is 37.2 Å². The first-order valence-corrected chi connectivity index (χ1v) is 7.19. The number of carboxylic acids is 1. The molecule has 132 valence electrons. The van der Waals surface area contributed by atoms with E-state index >= 15 is 0 Å². The first-order chi connectivity index (χ1) is 11.8. The summed E-state index contributed by atoms with van der Waals surface area (Å²) in [5.41, 5.74) is 4.74. The number of urea groups is 1. The second kappa shape index (κ2) is 9.14. The fourth-order valence-corrected chi connectivity index (χ4v) is 1.98. The molecule has 1 aromatic carbocycles. The lowest BCUT2D eigenvalue weighted by atomic mass is 10.1. The Kier molecular flexibility index (Phi) is 7.24. The van der Waals surface area contributed by atoms with Crippen LogP contribution in [0.1, 0.15) is 12.5 Å². The van der Waals surface area contributed by atoms with Gasteiger partial charge in [0.2, 0.25) is 0 Å². The maximum absolute atomic E-state index is 11.7. The summed E-state index contributed by atoms with van der Waals surface area (Å²) in [5, 5.41) is 19.5. The largest absolute Gasteiger partial charge is 0.490 e. The number of halogens is 1. The first-order valence-electron chi connectivity index (χ1n) is 6.82. The second-order valence-corrected chi connectivity index (χ2v) is 4.84. The summed E-state index contributed by atoms with van der Waals surface area (Å²) >= 11 is 6.06. The van der Waals surface area contributed by atoms with Crippen LogP contribution in [-0.2, 0) is 9.59 Å². The van der Waals surface area contributed by atoms with Gasteiger partial charge in [0, 0.05) is 0 Å². The Morgan fingerprint density at radius 1 is 1.40 bits per heavy atom. The molecular formula is C15H14ClN3O6. The van der Waals surface area contributed by atoms with E-state index in [0.717, 1.165) is 6.08 Å². The Hall–Kier alpha value is -3.25. The molecule has 0 heterocycles. The van der Waals surface area contributed by atoms with Crippen molar-refractivity contribution in [1.82, 2.24) is 5.32 Å². The Morgan fingerprint density at radius 2 is 2.08 bits per heavy atom. The number of nitrogens with zero attached hydrogens (tertiary/aromatic N) is 1. The monoisotopic (exact) mass is 367 g/mol. The average molecular weight is 368 g/mol. The van der Waals surface area contributed by atoms with E-state index in [1.54, 1.807) is 18.3 Å². The highest BCUT2D eigenvalue weighted by atomic mass is 35.5. The number of ether oxygens (including phenoxy) is 2. The summed E-state index contributed by atoms with van der Waals surface area (Å²) < 4.78 is 10.4. The third-order valence-corrected chi connectivity index (χ3v) is 2.87. The summed E-state index contributed by atoms with van der Waals surface area (Å²) in [7, 11) is 0. The minimum atomic E-state index is -1.20. The number of nitriles is 1. The summed E-state index contributed by atoms with van der Waals surface area (Å²) in [5.74, 6) is -2.02. The minimum absolute atomic E-state index is 0.0168. The highest BCUT2D eigenvalue weighted by Crippen LogP contribution is 2.37. The fourth-order valence-electron chi connectivity index (χ4n) is 1.70. The molecule has 0 aromatic heterocycles. The van der Waals surface area contributed by atoms with Crippen LogP contribution in [0.3, 0.4) is 0 Å². The molecule has 10 heteroatoms. The van der Waals surface area contributed by atoms with Gasteiger partial charge in [-0.1, -0.05) is 11.6 Å². The number of hydrogen-bond donors (Lipinski definition) is 3. The number of benzene rings is 1. The molecule has 1 rings (SSSR count). The highest BCUT2D eigenvalue weighted by Gasteiger charge is 2.16. The van der Waals surface area contributed by atoms with Crippen LogP contribution in [0.5, 0.6) is 11.5 Å². The SMILES string of the molecule is CCOc1cc(/C=C(/C#N)C(=O)NC(N)=O)cc(Cl)c1OCC(=O)O. The van der Waals surface area contributed by atoms with Gasteiger partial charge in [-0.2, -0.15) is 5.26 Å². The number of primary amides is 1. The normalized spacial score (nSPS) is 10.5. The number of amides is 3. The summed E-state index contributed by atoms with van der Waals surface area (Å²) in [6.07, 6.45) is 1.16. The van der Waals surface area contributed by atoms with Gasteiger partial charge in [0.15, 0.2) is 18.1 Å². The number of carboxylic acid groups (broad SMARTS) is 1. The van der Waals surface area contributed by atoms with Crippen LogP contribution >= 0.6 is 11.6 Å². The molecule has 0 saturated heterocycles. The Bertz CT molecular complexity index is 769. The third-order valence-electron chi connectivity index (χ3n) is 2.58. The van der Waals surface area contributed by atoms with E-state index in [-0.39, 0.29) is 23.1 Å². The molecule has 0 atom stereocenters. The molecule has 0 spiro atoms. The maximum Gasteiger partial charge on any atom is 0.341 e. The lowest BCUT2D eigenvalue weighted by Gasteiger charge is -2.13. The summed E-state index contributed by atoms with van der Waals surface area (Å²) in [6, 6.07) is 3.28. The number of nitrogens with two attached hydrogens (primary N) is 1. The molecule has 0 aliphatic rings. The Labute approximate surface area is 147 Å². The van der Waals surface area contributed by atoms with E-state index in [1.165, 1.54) is 12.1 Å². The van der Waals surface area contributed by atoms with E-state index in [2.05, 4.69) is 0 Å².